The number of fused-ring (bicyclic) bond motifs is 1. The predicted molar refractivity (Wildman–Crippen MR) is 94.2 cm³/mol. The third-order valence-electron chi connectivity index (χ3n) is 4.41. The number of amides is 2. The van der Waals surface area contributed by atoms with Crippen molar-refractivity contribution in [2.24, 2.45) is 0 Å². The number of nitrogens with one attached hydrogen (secondary N) is 2. The standard InChI is InChI=1S/C19H24N2O3/c22-17-8-6-16(7-9-17)21-19(23)20-11-12-24-18-10-5-14-3-1-2-4-15(14)13-18/h1-5,10,13,16-17,22H,6-9,11-12H2,(H2,20,21,23). The van der Waals surface area contributed by atoms with E-state index in [9.17, 15) is 9.90 Å². The third-order valence-corrected chi connectivity index (χ3v) is 4.41. The van der Waals surface area contributed by atoms with Crippen molar-refractivity contribution in [3.8, 4) is 5.75 Å². The van der Waals surface area contributed by atoms with Crippen molar-refractivity contribution in [2.45, 2.75) is 37.8 Å². The lowest BCUT2D eigenvalue weighted by Crippen LogP contribution is -2.45. The average Bonchev–Trinajstić information content (AvgIpc) is 2.60. The van der Waals surface area contributed by atoms with Gasteiger partial charge in [-0.15, -0.1) is 0 Å². The molecule has 3 rings (SSSR count). The summed E-state index contributed by atoms with van der Waals surface area (Å²) in [7, 11) is 0. The molecule has 5 nitrogen and oxygen atoms in total. The van der Waals surface area contributed by atoms with Gasteiger partial charge in [-0.25, -0.2) is 4.79 Å². The number of urea groups is 1. The smallest absolute Gasteiger partial charge is 0.315 e. The van der Waals surface area contributed by atoms with E-state index in [-0.39, 0.29) is 18.2 Å². The zero-order valence-corrected chi connectivity index (χ0v) is 13.7. The zero-order chi connectivity index (χ0) is 16.8. The molecule has 0 unspecified atom stereocenters. The molecule has 1 fully saturated rings. The highest BCUT2D eigenvalue weighted by Gasteiger charge is 2.20. The second kappa shape index (κ2) is 8.02. The predicted octanol–water partition coefficient (Wildman–Crippen LogP) is 2.82. The van der Waals surface area contributed by atoms with Gasteiger partial charge in [-0.05, 0) is 48.6 Å². The van der Waals surface area contributed by atoms with Crippen LogP contribution in [0.25, 0.3) is 10.8 Å². The molecule has 2 aromatic carbocycles. The number of aliphatic hydroxyl groups is 1. The molecule has 1 aliphatic carbocycles. The largest absolute Gasteiger partial charge is 0.492 e. The fourth-order valence-corrected chi connectivity index (χ4v) is 3.05. The Labute approximate surface area is 142 Å². The van der Waals surface area contributed by atoms with Crippen molar-refractivity contribution in [2.75, 3.05) is 13.2 Å². The molecule has 2 aromatic rings. The van der Waals surface area contributed by atoms with Gasteiger partial charge in [0.25, 0.3) is 0 Å². The highest BCUT2D eigenvalue weighted by atomic mass is 16.5. The van der Waals surface area contributed by atoms with Crippen molar-refractivity contribution in [3.63, 3.8) is 0 Å². The van der Waals surface area contributed by atoms with E-state index in [1.54, 1.807) is 0 Å². The summed E-state index contributed by atoms with van der Waals surface area (Å²) in [6.45, 7) is 0.878. The van der Waals surface area contributed by atoms with Gasteiger partial charge in [0.2, 0.25) is 0 Å². The van der Waals surface area contributed by atoms with E-state index in [1.807, 2.05) is 30.3 Å². The molecule has 1 aliphatic rings. The van der Waals surface area contributed by atoms with E-state index in [4.69, 9.17) is 4.74 Å². The number of benzene rings is 2. The number of rotatable bonds is 5. The fourth-order valence-electron chi connectivity index (χ4n) is 3.05. The molecular formula is C19H24N2O3. The summed E-state index contributed by atoms with van der Waals surface area (Å²) in [4.78, 5) is 11.8. The van der Waals surface area contributed by atoms with Crippen molar-refractivity contribution in [1.82, 2.24) is 10.6 Å². The molecule has 0 atom stereocenters. The Morgan fingerprint density at radius 2 is 1.83 bits per heavy atom. The maximum absolute atomic E-state index is 11.8. The Balaban J connectivity index is 1.37. The highest BCUT2D eigenvalue weighted by Crippen LogP contribution is 2.20. The van der Waals surface area contributed by atoms with Gasteiger partial charge < -0.3 is 20.5 Å². The number of carbonyl (C=O) groups excluding carboxylic acids is 1. The van der Waals surface area contributed by atoms with Crippen LogP contribution in [0.15, 0.2) is 42.5 Å². The molecule has 0 radical (unpaired) electrons. The zero-order valence-electron chi connectivity index (χ0n) is 13.7. The van der Waals surface area contributed by atoms with Crippen LogP contribution in [0.1, 0.15) is 25.7 Å². The van der Waals surface area contributed by atoms with Crippen LogP contribution < -0.4 is 15.4 Å². The minimum absolute atomic E-state index is 0.162. The first-order chi connectivity index (χ1) is 11.7. The van der Waals surface area contributed by atoms with E-state index < -0.39 is 0 Å². The minimum atomic E-state index is -0.207. The summed E-state index contributed by atoms with van der Waals surface area (Å²) < 4.78 is 5.69. The van der Waals surface area contributed by atoms with E-state index in [1.165, 1.54) is 5.39 Å². The maximum Gasteiger partial charge on any atom is 0.315 e. The lowest BCUT2D eigenvalue weighted by molar-refractivity contribution is 0.117. The number of ether oxygens (including phenoxy) is 1. The highest BCUT2D eigenvalue weighted by molar-refractivity contribution is 5.83. The van der Waals surface area contributed by atoms with E-state index in [2.05, 4.69) is 22.8 Å². The molecule has 0 aromatic heterocycles. The van der Waals surface area contributed by atoms with Crippen LogP contribution in [-0.2, 0) is 0 Å². The van der Waals surface area contributed by atoms with Gasteiger partial charge >= 0.3 is 6.03 Å². The van der Waals surface area contributed by atoms with Gasteiger partial charge in [0.05, 0.1) is 12.6 Å². The van der Waals surface area contributed by atoms with Crippen molar-refractivity contribution in [1.29, 1.82) is 0 Å². The monoisotopic (exact) mass is 328 g/mol. The second-order valence-corrected chi connectivity index (χ2v) is 6.26. The normalized spacial score (nSPS) is 20.5. The van der Waals surface area contributed by atoms with Crippen LogP contribution >= 0.6 is 0 Å². The van der Waals surface area contributed by atoms with Crippen LogP contribution in [-0.4, -0.2) is 36.4 Å². The van der Waals surface area contributed by atoms with Gasteiger partial charge in [-0.3, -0.25) is 0 Å². The van der Waals surface area contributed by atoms with E-state index in [0.717, 1.165) is 36.8 Å². The SMILES string of the molecule is O=C(NCCOc1ccc2ccccc2c1)NC1CCC(O)CC1. The Morgan fingerprint density at radius 1 is 1.08 bits per heavy atom. The molecule has 0 saturated heterocycles. The van der Waals surface area contributed by atoms with Crippen LogP contribution in [0.2, 0.25) is 0 Å². The number of carbonyl (C=O) groups is 1. The van der Waals surface area contributed by atoms with Gasteiger partial charge in [0.15, 0.2) is 0 Å². The van der Waals surface area contributed by atoms with Crippen molar-refractivity contribution < 1.29 is 14.6 Å². The summed E-state index contributed by atoms with van der Waals surface area (Å²) in [5.74, 6) is 0.803. The van der Waals surface area contributed by atoms with E-state index in [0.29, 0.717) is 13.2 Å². The Kier molecular flexibility index (Phi) is 5.54. The molecule has 0 spiro atoms. The van der Waals surface area contributed by atoms with Gasteiger partial charge in [0, 0.05) is 6.04 Å². The summed E-state index contributed by atoms with van der Waals surface area (Å²) >= 11 is 0. The molecule has 0 bridgehead atoms. The van der Waals surface area contributed by atoms with Gasteiger partial charge in [-0.2, -0.15) is 0 Å². The minimum Gasteiger partial charge on any atom is -0.492 e. The first-order valence-corrected chi connectivity index (χ1v) is 8.55. The van der Waals surface area contributed by atoms with Crippen molar-refractivity contribution >= 4 is 16.8 Å². The third kappa shape index (κ3) is 4.61. The first kappa shape index (κ1) is 16.6. The van der Waals surface area contributed by atoms with Crippen LogP contribution in [0, 0.1) is 0 Å². The Morgan fingerprint density at radius 3 is 2.62 bits per heavy atom. The van der Waals surface area contributed by atoms with Crippen LogP contribution in [0.3, 0.4) is 0 Å². The second-order valence-electron chi connectivity index (χ2n) is 6.26. The summed E-state index contributed by atoms with van der Waals surface area (Å²) in [6, 6.07) is 14.1. The lowest BCUT2D eigenvalue weighted by Gasteiger charge is -2.26. The molecule has 24 heavy (non-hydrogen) atoms. The van der Waals surface area contributed by atoms with Crippen LogP contribution in [0.4, 0.5) is 4.79 Å². The average molecular weight is 328 g/mol. The molecular weight excluding hydrogens is 304 g/mol. The number of aliphatic hydroxyl groups excluding tert-OH is 1. The maximum atomic E-state index is 11.8. The van der Waals surface area contributed by atoms with E-state index >= 15 is 0 Å². The Bertz CT molecular complexity index is 681. The quantitative estimate of drug-likeness (QED) is 0.739. The first-order valence-electron chi connectivity index (χ1n) is 8.55. The number of hydrogen-bond donors (Lipinski definition) is 3. The molecule has 5 heteroatoms. The topological polar surface area (TPSA) is 70.6 Å². The van der Waals surface area contributed by atoms with Crippen molar-refractivity contribution in [3.05, 3.63) is 42.5 Å². The van der Waals surface area contributed by atoms with Gasteiger partial charge in [-0.1, -0.05) is 30.3 Å². The lowest BCUT2D eigenvalue weighted by atomic mass is 9.93. The molecule has 1 saturated carbocycles. The molecule has 0 aliphatic heterocycles. The summed E-state index contributed by atoms with van der Waals surface area (Å²) in [5, 5.41) is 17.5. The molecule has 128 valence electrons. The molecule has 3 N–H and O–H groups in total. The summed E-state index contributed by atoms with van der Waals surface area (Å²) in [5.41, 5.74) is 0. The van der Waals surface area contributed by atoms with Crippen LogP contribution in [0.5, 0.6) is 5.75 Å². The molecule has 2 amide bonds. The van der Waals surface area contributed by atoms with Gasteiger partial charge in [0.1, 0.15) is 12.4 Å². The summed E-state index contributed by atoms with van der Waals surface area (Å²) in [6.07, 6.45) is 2.98. The molecule has 0 heterocycles. The fraction of sp³-hybridized carbons (Fsp3) is 0.421. The number of hydrogen-bond acceptors (Lipinski definition) is 3. The Hall–Kier alpha value is -2.27.